The lowest BCUT2D eigenvalue weighted by Gasteiger charge is -2.17. The van der Waals surface area contributed by atoms with Gasteiger partial charge in [-0.2, -0.15) is 0 Å². The number of hydrogen-bond donors (Lipinski definition) is 1. The Morgan fingerprint density at radius 2 is 1.88 bits per heavy atom. The zero-order valence-corrected chi connectivity index (χ0v) is 10.6. The lowest BCUT2D eigenvalue weighted by atomic mass is 10.1. The summed E-state index contributed by atoms with van der Waals surface area (Å²) < 4.78 is 10.2. The van der Waals surface area contributed by atoms with E-state index >= 15 is 0 Å². The monoisotopic (exact) mass is 238 g/mol. The highest BCUT2D eigenvalue weighted by Crippen LogP contribution is 2.26. The molecule has 17 heavy (non-hydrogen) atoms. The normalized spacial score (nSPS) is 12.1. The van der Waals surface area contributed by atoms with Crippen LogP contribution in [0.2, 0.25) is 0 Å². The number of carbonyl (C=O) groups excluding carboxylic acids is 1. The molecule has 0 fully saturated rings. The summed E-state index contributed by atoms with van der Waals surface area (Å²) >= 11 is 0. The molecule has 0 aliphatic heterocycles. The number of methoxy groups -OCH3 is 1. The molecular formula is C13H18O4. The molecule has 0 aliphatic rings. The summed E-state index contributed by atoms with van der Waals surface area (Å²) in [5.74, 6) is 0.259. The van der Waals surface area contributed by atoms with Crippen LogP contribution in [0.15, 0.2) is 12.1 Å². The van der Waals surface area contributed by atoms with Crippen molar-refractivity contribution in [1.29, 1.82) is 0 Å². The topological polar surface area (TPSA) is 55.8 Å². The number of esters is 1. The van der Waals surface area contributed by atoms with Crippen LogP contribution in [-0.2, 0) is 16.1 Å². The highest BCUT2D eigenvalue weighted by Gasteiger charge is 2.17. The Morgan fingerprint density at radius 3 is 2.29 bits per heavy atom. The van der Waals surface area contributed by atoms with Crippen molar-refractivity contribution in [3.8, 4) is 5.75 Å². The molecule has 1 atom stereocenters. The number of aliphatic hydroxyl groups is 1. The van der Waals surface area contributed by atoms with E-state index in [0.29, 0.717) is 5.75 Å². The van der Waals surface area contributed by atoms with E-state index in [1.54, 1.807) is 6.92 Å². The fraction of sp³-hybridized carbons (Fsp3) is 0.462. The van der Waals surface area contributed by atoms with Crippen molar-refractivity contribution in [3.05, 3.63) is 28.8 Å². The van der Waals surface area contributed by atoms with Crippen LogP contribution in [0.1, 0.15) is 23.6 Å². The van der Waals surface area contributed by atoms with Crippen LogP contribution in [0, 0.1) is 13.8 Å². The maximum absolute atomic E-state index is 11.3. The first-order valence-electron chi connectivity index (χ1n) is 5.45. The fourth-order valence-electron chi connectivity index (χ4n) is 1.71. The fourth-order valence-corrected chi connectivity index (χ4v) is 1.71. The molecule has 94 valence electrons. The number of aryl methyl sites for hydroxylation is 2. The summed E-state index contributed by atoms with van der Waals surface area (Å²) in [4.78, 5) is 11.3. The summed E-state index contributed by atoms with van der Waals surface area (Å²) in [6.07, 6.45) is -0.641. The van der Waals surface area contributed by atoms with E-state index in [4.69, 9.17) is 9.84 Å². The van der Waals surface area contributed by atoms with Gasteiger partial charge in [0.25, 0.3) is 0 Å². The summed E-state index contributed by atoms with van der Waals surface area (Å²) in [5.41, 5.74) is 2.62. The predicted octanol–water partition coefficient (Wildman–Crippen LogP) is 1.74. The van der Waals surface area contributed by atoms with E-state index in [0.717, 1.165) is 16.7 Å². The largest absolute Gasteiger partial charge is 0.478 e. The van der Waals surface area contributed by atoms with Crippen molar-refractivity contribution >= 4 is 5.97 Å². The van der Waals surface area contributed by atoms with Crippen molar-refractivity contribution in [2.24, 2.45) is 0 Å². The maximum atomic E-state index is 11.3. The average Bonchev–Trinajstić information content (AvgIpc) is 2.31. The Hall–Kier alpha value is -1.55. The van der Waals surface area contributed by atoms with Crippen LogP contribution in [0.4, 0.5) is 0 Å². The van der Waals surface area contributed by atoms with Crippen molar-refractivity contribution in [2.45, 2.75) is 33.5 Å². The van der Waals surface area contributed by atoms with Crippen LogP contribution >= 0.6 is 0 Å². The number of hydrogen-bond acceptors (Lipinski definition) is 4. The zero-order valence-electron chi connectivity index (χ0n) is 10.6. The van der Waals surface area contributed by atoms with Gasteiger partial charge >= 0.3 is 5.97 Å². The van der Waals surface area contributed by atoms with E-state index in [1.165, 1.54) is 7.11 Å². The maximum Gasteiger partial charge on any atom is 0.346 e. The molecule has 1 aromatic carbocycles. The smallest absolute Gasteiger partial charge is 0.346 e. The molecule has 1 unspecified atom stereocenters. The number of rotatable bonds is 4. The summed E-state index contributed by atoms with van der Waals surface area (Å²) in [7, 11) is 1.33. The predicted molar refractivity (Wildman–Crippen MR) is 63.9 cm³/mol. The molecule has 1 aromatic rings. The van der Waals surface area contributed by atoms with Gasteiger partial charge in [0, 0.05) is 0 Å². The third kappa shape index (κ3) is 3.20. The molecule has 1 N–H and O–H groups in total. The Labute approximate surface area is 101 Å². The Bertz CT molecular complexity index is 389. The summed E-state index contributed by atoms with van der Waals surface area (Å²) in [6.45, 7) is 5.40. The van der Waals surface area contributed by atoms with Gasteiger partial charge in [-0.1, -0.05) is 12.1 Å². The highest BCUT2D eigenvalue weighted by molar-refractivity contribution is 5.74. The Kier molecular flexibility index (Phi) is 4.52. The molecule has 0 aliphatic carbocycles. The minimum absolute atomic E-state index is 0.00544. The molecule has 0 heterocycles. The van der Waals surface area contributed by atoms with Gasteiger partial charge in [-0.25, -0.2) is 4.79 Å². The molecule has 0 spiro atoms. The second-order valence-electron chi connectivity index (χ2n) is 4.00. The van der Waals surface area contributed by atoms with Gasteiger partial charge in [0.15, 0.2) is 6.10 Å². The van der Waals surface area contributed by atoms with Gasteiger partial charge in [-0.3, -0.25) is 0 Å². The third-order valence-electron chi connectivity index (χ3n) is 2.53. The van der Waals surface area contributed by atoms with Crippen LogP contribution in [0.3, 0.4) is 0 Å². The van der Waals surface area contributed by atoms with Gasteiger partial charge in [-0.15, -0.1) is 0 Å². The van der Waals surface area contributed by atoms with E-state index in [2.05, 4.69) is 4.74 Å². The zero-order chi connectivity index (χ0) is 13.0. The number of aliphatic hydroxyl groups excluding tert-OH is 1. The Morgan fingerprint density at radius 1 is 1.35 bits per heavy atom. The highest BCUT2D eigenvalue weighted by atomic mass is 16.6. The molecular weight excluding hydrogens is 220 g/mol. The van der Waals surface area contributed by atoms with Crippen molar-refractivity contribution in [3.63, 3.8) is 0 Å². The van der Waals surface area contributed by atoms with Crippen molar-refractivity contribution in [2.75, 3.05) is 7.11 Å². The average molecular weight is 238 g/mol. The number of benzene rings is 1. The van der Waals surface area contributed by atoms with Crippen LogP contribution < -0.4 is 4.74 Å². The van der Waals surface area contributed by atoms with Gasteiger partial charge in [0.05, 0.1) is 13.7 Å². The van der Waals surface area contributed by atoms with E-state index in [1.807, 2.05) is 26.0 Å². The van der Waals surface area contributed by atoms with Gasteiger partial charge in [-0.05, 0) is 37.5 Å². The first-order valence-corrected chi connectivity index (χ1v) is 5.45. The van der Waals surface area contributed by atoms with E-state index in [9.17, 15) is 4.79 Å². The molecule has 0 aromatic heterocycles. The van der Waals surface area contributed by atoms with Crippen LogP contribution in [0.25, 0.3) is 0 Å². The molecule has 0 radical (unpaired) electrons. The van der Waals surface area contributed by atoms with E-state index < -0.39 is 12.1 Å². The quantitative estimate of drug-likeness (QED) is 0.812. The minimum Gasteiger partial charge on any atom is -0.478 e. The summed E-state index contributed by atoms with van der Waals surface area (Å²) in [5, 5.41) is 9.07. The molecule has 0 amide bonds. The first-order chi connectivity index (χ1) is 7.99. The van der Waals surface area contributed by atoms with Crippen LogP contribution in [-0.4, -0.2) is 24.3 Å². The molecule has 0 saturated carbocycles. The minimum atomic E-state index is -0.641. The van der Waals surface area contributed by atoms with Crippen LogP contribution in [0.5, 0.6) is 5.75 Å². The molecule has 0 saturated heterocycles. The number of carbonyl (C=O) groups is 1. The summed E-state index contributed by atoms with van der Waals surface area (Å²) in [6, 6.07) is 3.68. The molecule has 4 nitrogen and oxygen atoms in total. The van der Waals surface area contributed by atoms with Crippen molar-refractivity contribution in [1.82, 2.24) is 0 Å². The standard InChI is InChI=1S/C13H18O4/c1-8-5-11(7-14)6-9(2)12(8)17-10(3)13(15)16-4/h5-6,10,14H,7H2,1-4H3. The lowest BCUT2D eigenvalue weighted by molar-refractivity contribution is -0.147. The lowest BCUT2D eigenvalue weighted by Crippen LogP contribution is -2.25. The van der Waals surface area contributed by atoms with Gasteiger partial charge in [0.1, 0.15) is 5.75 Å². The van der Waals surface area contributed by atoms with Crippen molar-refractivity contribution < 1.29 is 19.4 Å². The van der Waals surface area contributed by atoms with E-state index in [-0.39, 0.29) is 6.61 Å². The molecule has 0 bridgehead atoms. The first kappa shape index (κ1) is 13.5. The van der Waals surface area contributed by atoms with Gasteiger partial charge in [0.2, 0.25) is 0 Å². The number of ether oxygens (including phenoxy) is 2. The molecule has 4 heteroatoms. The Balaban J connectivity index is 2.95. The second kappa shape index (κ2) is 5.68. The molecule has 1 rings (SSSR count). The SMILES string of the molecule is COC(=O)C(C)Oc1c(C)cc(CO)cc1C. The second-order valence-corrected chi connectivity index (χ2v) is 4.00. The van der Waals surface area contributed by atoms with Gasteiger partial charge < -0.3 is 14.6 Å². The third-order valence-corrected chi connectivity index (χ3v) is 2.53.